The molecule has 1 amide bonds. The van der Waals surface area contributed by atoms with Crippen LogP contribution in [0.1, 0.15) is 35.7 Å². The summed E-state index contributed by atoms with van der Waals surface area (Å²) in [6.07, 6.45) is -3.64. The van der Waals surface area contributed by atoms with Crippen LogP contribution >= 0.6 is 0 Å². The Kier molecular flexibility index (Phi) is 4.20. The van der Waals surface area contributed by atoms with Gasteiger partial charge in [-0.3, -0.25) is 9.59 Å². The fraction of sp³-hybridized carbons (Fsp3) is 0.429. The Morgan fingerprint density at radius 1 is 1.43 bits per heavy atom. The molecule has 2 rings (SSSR count). The number of aldehydes is 1. The summed E-state index contributed by atoms with van der Waals surface area (Å²) in [7, 11) is 0. The summed E-state index contributed by atoms with van der Waals surface area (Å²) < 4.78 is 43.9. The maximum Gasteiger partial charge on any atom is 0.419 e. The van der Waals surface area contributed by atoms with Gasteiger partial charge >= 0.3 is 6.18 Å². The van der Waals surface area contributed by atoms with Crippen LogP contribution in [0.3, 0.4) is 0 Å². The van der Waals surface area contributed by atoms with Crippen LogP contribution < -0.4 is 10.1 Å². The Morgan fingerprint density at radius 3 is 2.62 bits per heavy atom. The first-order valence-corrected chi connectivity index (χ1v) is 6.44. The molecule has 1 atom stereocenters. The summed E-state index contributed by atoms with van der Waals surface area (Å²) in [6.45, 7) is 1.38. The smallest absolute Gasteiger partial charge is 0.419 e. The quantitative estimate of drug-likeness (QED) is 0.850. The molecule has 0 aromatic heterocycles. The molecule has 1 aliphatic rings. The molecule has 0 saturated heterocycles. The summed E-state index contributed by atoms with van der Waals surface area (Å²) in [6, 6.07) is 3.06. The van der Waals surface area contributed by atoms with Gasteiger partial charge in [0.2, 0.25) is 0 Å². The second-order valence-electron chi connectivity index (χ2n) is 4.91. The second kappa shape index (κ2) is 5.75. The Hall–Kier alpha value is -2.05. The lowest BCUT2D eigenvalue weighted by atomic mass is 10.1. The molecule has 0 bridgehead atoms. The molecule has 1 saturated carbocycles. The number of rotatable bonds is 5. The molecule has 1 aliphatic carbocycles. The third-order valence-corrected chi connectivity index (χ3v) is 3.04. The zero-order valence-corrected chi connectivity index (χ0v) is 11.2. The highest BCUT2D eigenvalue weighted by atomic mass is 19.4. The highest BCUT2D eigenvalue weighted by Gasteiger charge is 2.36. The van der Waals surface area contributed by atoms with Crippen LogP contribution in [0.15, 0.2) is 18.2 Å². The van der Waals surface area contributed by atoms with Gasteiger partial charge in [0.15, 0.2) is 6.10 Å². The molecule has 1 aromatic rings. The van der Waals surface area contributed by atoms with Gasteiger partial charge in [-0.1, -0.05) is 0 Å². The van der Waals surface area contributed by atoms with Gasteiger partial charge in [-0.2, -0.15) is 13.2 Å². The molecule has 0 aliphatic heterocycles. The molecule has 0 radical (unpaired) electrons. The van der Waals surface area contributed by atoms with E-state index in [-0.39, 0.29) is 11.6 Å². The summed E-state index contributed by atoms with van der Waals surface area (Å²) >= 11 is 0. The lowest BCUT2D eigenvalue weighted by molar-refractivity contribution is -0.140. The fourth-order valence-electron chi connectivity index (χ4n) is 1.74. The number of hydrogen-bond acceptors (Lipinski definition) is 3. The monoisotopic (exact) mass is 301 g/mol. The van der Waals surface area contributed by atoms with Crippen LogP contribution in [-0.4, -0.2) is 24.3 Å². The number of nitrogens with one attached hydrogen (secondary N) is 1. The lowest BCUT2D eigenvalue weighted by Gasteiger charge is -2.18. The van der Waals surface area contributed by atoms with Crippen molar-refractivity contribution in [1.82, 2.24) is 5.32 Å². The summed E-state index contributed by atoms with van der Waals surface area (Å²) in [5.41, 5.74) is -1.18. The van der Waals surface area contributed by atoms with Gasteiger partial charge in [-0.15, -0.1) is 0 Å². The van der Waals surface area contributed by atoms with Gasteiger partial charge in [0, 0.05) is 11.6 Å². The molecule has 1 unspecified atom stereocenters. The van der Waals surface area contributed by atoms with Crippen molar-refractivity contribution in [2.24, 2.45) is 0 Å². The average Bonchev–Trinajstić information content (AvgIpc) is 3.21. The number of amides is 1. The summed E-state index contributed by atoms with van der Waals surface area (Å²) in [4.78, 5) is 22.3. The Balaban J connectivity index is 2.17. The van der Waals surface area contributed by atoms with E-state index in [1.165, 1.54) is 13.0 Å². The molecule has 0 heterocycles. The predicted molar refractivity (Wildman–Crippen MR) is 68.1 cm³/mol. The first kappa shape index (κ1) is 15.3. The minimum absolute atomic E-state index is 0.100. The van der Waals surface area contributed by atoms with E-state index in [4.69, 9.17) is 4.74 Å². The van der Waals surface area contributed by atoms with Gasteiger partial charge in [0.1, 0.15) is 12.0 Å². The molecule has 7 heteroatoms. The maximum absolute atomic E-state index is 12.9. The van der Waals surface area contributed by atoms with Crippen molar-refractivity contribution in [3.63, 3.8) is 0 Å². The standard InChI is InChI=1S/C14H14F3NO3/c1-8(13(20)18-10-3-4-10)21-12-5-2-9(7-19)6-11(12)14(15,16)17/h2,5-8,10H,3-4H2,1H3,(H,18,20). The van der Waals surface area contributed by atoms with E-state index < -0.39 is 29.5 Å². The number of alkyl halides is 3. The van der Waals surface area contributed by atoms with Crippen LogP contribution in [0, 0.1) is 0 Å². The van der Waals surface area contributed by atoms with E-state index in [1.807, 2.05) is 0 Å². The molecule has 1 aromatic carbocycles. The number of carbonyl (C=O) groups is 2. The van der Waals surface area contributed by atoms with Crippen LogP contribution in [0.5, 0.6) is 5.75 Å². The number of benzene rings is 1. The molecular weight excluding hydrogens is 287 g/mol. The van der Waals surface area contributed by atoms with Crippen molar-refractivity contribution in [2.75, 3.05) is 0 Å². The molecule has 21 heavy (non-hydrogen) atoms. The van der Waals surface area contributed by atoms with Crippen molar-refractivity contribution >= 4 is 12.2 Å². The van der Waals surface area contributed by atoms with E-state index >= 15 is 0 Å². The van der Waals surface area contributed by atoms with E-state index in [0.29, 0.717) is 12.4 Å². The molecule has 1 fully saturated rings. The second-order valence-corrected chi connectivity index (χ2v) is 4.91. The first-order chi connectivity index (χ1) is 9.81. The molecule has 1 N–H and O–H groups in total. The third kappa shape index (κ3) is 3.96. The molecule has 0 spiro atoms. The minimum Gasteiger partial charge on any atom is -0.480 e. The average molecular weight is 301 g/mol. The summed E-state index contributed by atoms with van der Waals surface area (Å²) in [5, 5.41) is 2.65. The van der Waals surface area contributed by atoms with E-state index in [2.05, 4.69) is 5.32 Å². The third-order valence-electron chi connectivity index (χ3n) is 3.04. The van der Waals surface area contributed by atoms with Crippen molar-refractivity contribution in [3.8, 4) is 5.75 Å². The SMILES string of the molecule is CC(Oc1ccc(C=O)cc1C(F)(F)F)C(=O)NC1CC1. The van der Waals surface area contributed by atoms with Crippen molar-refractivity contribution in [1.29, 1.82) is 0 Å². The van der Waals surface area contributed by atoms with Gasteiger partial charge in [0.05, 0.1) is 5.56 Å². The highest BCUT2D eigenvalue weighted by molar-refractivity contribution is 5.81. The summed E-state index contributed by atoms with van der Waals surface area (Å²) in [5.74, 6) is -0.920. The van der Waals surface area contributed by atoms with Crippen molar-refractivity contribution < 1.29 is 27.5 Å². The number of ether oxygens (including phenoxy) is 1. The van der Waals surface area contributed by atoms with Gasteiger partial charge < -0.3 is 10.1 Å². The Labute approximate surface area is 119 Å². The number of hydrogen-bond donors (Lipinski definition) is 1. The highest BCUT2D eigenvalue weighted by Crippen LogP contribution is 2.37. The molecule has 114 valence electrons. The number of halogens is 3. The zero-order valence-electron chi connectivity index (χ0n) is 11.2. The van der Waals surface area contributed by atoms with E-state index in [9.17, 15) is 22.8 Å². The van der Waals surface area contributed by atoms with Gasteiger partial charge in [-0.05, 0) is 38.0 Å². The Morgan fingerprint density at radius 2 is 2.10 bits per heavy atom. The van der Waals surface area contributed by atoms with Crippen LogP contribution in [0.2, 0.25) is 0 Å². The van der Waals surface area contributed by atoms with Crippen molar-refractivity contribution in [2.45, 2.75) is 38.1 Å². The first-order valence-electron chi connectivity index (χ1n) is 6.44. The topological polar surface area (TPSA) is 55.4 Å². The van der Waals surface area contributed by atoms with Crippen LogP contribution in [0.25, 0.3) is 0 Å². The van der Waals surface area contributed by atoms with Crippen LogP contribution in [0.4, 0.5) is 13.2 Å². The fourth-order valence-corrected chi connectivity index (χ4v) is 1.74. The molecular formula is C14H14F3NO3. The largest absolute Gasteiger partial charge is 0.480 e. The van der Waals surface area contributed by atoms with E-state index in [1.54, 1.807) is 0 Å². The molecule has 4 nitrogen and oxygen atoms in total. The van der Waals surface area contributed by atoms with Gasteiger partial charge in [0.25, 0.3) is 5.91 Å². The predicted octanol–water partition coefficient (Wildman–Crippen LogP) is 2.56. The normalized spacial score (nSPS) is 16.2. The minimum atomic E-state index is -4.67. The Bertz CT molecular complexity index is 553. The van der Waals surface area contributed by atoms with Crippen LogP contribution in [-0.2, 0) is 11.0 Å². The van der Waals surface area contributed by atoms with E-state index in [0.717, 1.165) is 18.9 Å². The van der Waals surface area contributed by atoms with Gasteiger partial charge in [-0.25, -0.2) is 0 Å². The maximum atomic E-state index is 12.9. The number of carbonyl (C=O) groups excluding carboxylic acids is 2. The van der Waals surface area contributed by atoms with Crippen molar-refractivity contribution in [3.05, 3.63) is 29.3 Å². The zero-order chi connectivity index (χ0) is 15.6. The lowest BCUT2D eigenvalue weighted by Crippen LogP contribution is -2.37.